The number of carbonyl (C=O) groups excluding carboxylic acids is 2. The molecule has 3 amide bonds. The van der Waals surface area contributed by atoms with Gasteiger partial charge in [0.05, 0.1) is 12.1 Å². The maximum Gasteiger partial charge on any atom is 0.320 e. The molecule has 4 rings (SSSR count). The van der Waals surface area contributed by atoms with Crippen LogP contribution in [0.3, 0.4) is 0 Å². The number of hydrogen-bond acceptors (Lipinski definition) is 3. The van der Waals surface area contributed by atoms with Crippen LogP contribution in [0, 0.1) is 17.6 Å². The lowest BCUT2D eigenvalue weighted by atomic mass is 9.90. The van der Waals surface area contributed by atoms with E-state index in [1.165, 1.54) is 12.1 Å². The molecule has 28 heavy (non-hydrogen) atoms. The van der Waals surface area contributed by atoms with Crippen molar-refractivity contribution in [3.05, 3.63) is 35.4 Å². The molecule has 0 aromatic heterocycles. The first kappa shape index (κ1) is 19.1. The van der Waals surface area contributed by atoms with E-state index in [0.717, 1.165) is 25.3 Å². The summed E-state index contributed by atoms with van der Waals surface area (Å²) in [4.78, 5) is 28.0. The number of likely N-dealkylation sites (tertiary alicyclic amines) is 2. The van der Waals surface area contributed by atoms with Crippen LogP contribution in [0.4, 0.5) is 13.6 Å². The number of halogens is 2. The first-order valence-electron chi connectivity index (χ1n) is 9.88. The van der Waals surface area contributed by atoms with Crippen molar-refractivity contribution in [3.63, 3.8) is 0 Å². The molecule has 1 aromatic carbocycles. The Morgan fingerprint density at radius 2 is 1.89 bits per heavy atom. The van der Waals surface area contributed by atoms with Gasteiger partial charge in [0.25, 0.3) is 0 Å². The van der Waals surface area contributed by atoms with Crippen molar-refractivity contribution in [3.8, 4) is 0 Å². The van der Waals surface area contributed by atoms with Crippen LogP contribution < -0.4 is 5.32 Å². The lowest BCUT2D eigenvalue weighted by Crippen LogP contribution is -2.62. The number of morpholine rings is 1. The Labute approximate surface area is 162 Å². The van der Waals surface area contributed by atoms with Crippen LogP contribution in [0.25, 0.3) is 0 Å². The Kier molecular flexibility index (Phi) is 5.48. The number of benzene rings is 1. The zero-order valence-corrected chi connectivity index (χ0v) is 15.7. The SMILES string of the molecule is O=C1COC2CCN(C(=O)N3CCC(Cc4ccc(F)cc4F)CC3)C[C@H]2N1. The Morgan fingerprint density at radius 3 is 2.64 bits per heavy atom. The van der Waals surface area contributed by atoms with Crippen LogP contribution >= 0.6 is 0 Å². The van der Waals surface area contributed by atoms with E-state index in [-0.39, 0.29) is 36.6 Å². The first-order valence-corrected chi connectivity index (χ1v) is 9.88. The maximum absolute atomic E-state index is 13.9. The standard InChI is InChI=1S/C20H25F2N3O3/c21-15-2-1-14(16(22)10-15)9-13-3-6-24(7-4-13)20(27)25-8-5-18-17(11-25)23-19(26)12-28-18/h1-2,10,13,17-18H,3-9,11-12H2,(H,23,26)/t17-,18?/m1/s1. The zero-order chi connectivity index (χ0) is 19.7. The molecule has 3 aliphatic rings. The monoisotopic (exact) mass is 393 g/mol. The quantitative estimate of drug-likeness (QED) is 0.835. The van der Waals surface area contributed by atoms with Crippen LogP contribution in [-0.2, 0) is 16.0 Å². The summed E-state index contributed by atoms with van der Waals surface area (Å²) >= 11 is 0. The number of fused-ring (bicyclic) bond motifs is 1. The second kappa shape index (κ2) is 8.03. The van der Waals surface area contributed by atoms with Crippen LogP contribution in [-0.4, -0.2) is 66.7 Å². The molecule has 3 fully saturated rings. The number of hydrogen-bond donors (Lipinski definition) is 1. The van der Waals surface area contributed by atoms with E-state index in [9.17, 15) is 18.4 Å². The minimum absolute atomic E-state index is 0.00955. The number of amides is 3. The van der Waals surface area contributed by atoms with E-state index in [2.05, 4.69) is 5.32 Å². The lowest BCUT2D eigenvalue weighted by Gasteiger charge is -2.43. The topological polar surface area (TPSA) is 61.9 Å². The molecule has 0 bridgehead atoms. The summed E-state index contributed by atoms with van der Waals surface area (Å²) in [6, 6.07) is 3.56. The molecule has 152 valence electrons. The minimum Gasteiger partial charge on any atom is -0.366 e. The third kappa shape index (κ3) is 4.11. The van der Waals surface area contributed by atoms with Gasteiger partial charge >= 0.3 is 6.03 Å². The van der Waals surface area contributed by atoms with Crippen molar-refractivity contribution < 1.29 is 23.1 Å². The Balaban J connectivity index is 1.28. The fourth-order valence-corrected chi connectivity index (χ4v) is 4.40. The van der Waals surface area contributed by atoms with E-state index in [0.29, 0.717) is 38.2 Å². The highest BCUT2D eigenvalue weighted by atomic mass is 19.1. The van der Waals surface area contributed by atoms with E-state index < -0.39 is 11.6 Å². The van der Waals surface area contributed by atoms with E-state index >= 15 is 0 Å². The predicted molar refractivity (Wildman–Crippen MR) is 97.6 cm³/mol. The molecule has 3 heterocycles. The smallest absolute Gasteiger partial charge is 0.320 e. The number of ether oxygens (including phenoxy) is 1. The average molecular weight is 393 g/mol. The molecule has 0 spiro atoms. The second-order valence-corrected chi connectivity index (χ2v) is 7.91. The van der Waals surface area contributed by atoms with Crippen molar-refractivity contribution in [2.24, 2.45) is 5.92 Å². The van der Waals surface area contributed by atoms with Crippen LogP contribution in [0.5, 0.6) is 0 Å². The second-order valence-electron chi connectivity index (χ2n) is 7.91. The molecule has 2 atom stereocenters. The zero-order valence-electron chi connectivity index (χ0n) is 15.7. The highest BCUT2D eigenvalue weighted by Gasteiger charge is 2.38. The molecular weight excluding hydrogens is 368 g/mol. The van der Waals surface area contributed by atoms with Crippen molar-refractivity contribution in [1.82, 2.24) is 15.1 Å². The summed E-state index contributed by atoms with van der Waals surface area (Å²) < 4.78 is 32.5. The van der Waals surface area contributed by atoms with Gasteiger partial charge in [-0.1, -0.05) is 6.07 Å². The molecule has 1 unspecified atom stereocenters. The Morgan fingerprint density at radius 1 is 1.14 bits per heavy atom. The lowest BCUT2D eigenvalue weighted by molar-refractivity contribution is -0.139. The van der Waals surface area contributed by atoms with E-state index in [1.807, 2.05) is 4.90 Å². The van der Waals surface area contributed by atoms with Crippen molar-refractivity contribution in [2.45, 2.75) is 37.8 Å². The molecule has 3 saturated heterocycles. The van der Waals surface area contributed by atoms with E-state index in [1.54, 1.807) is 4.90 Å². The summed E-state index contributed by atoms with van der Waals surface area (Å²) in [6.07, 6.45) is 2.85. The van der Waals surface area contributed by atoms with Crippen LogP contribution in [0.15, 0.2) is 18.2 Å². The average Bonchev–Trinajstić information content (AvgIpc) is 2.69. The van der Waals surface area contributed by atoms with Gasteiger partial charge in [-0.3, -0.25) is 4.79 Å². The van der Waals surface area contributed by atoms with Gasteiger partial charge in [-0.15, -0.1) is 0 Å². The summed E-state index contributed by atoms with van der Waals surface area (Å²) in [7, 11) is 0. The minimum atomic E-state index is -0.565. The van der Waals surface area contributed by atoms with Crippen molar-refractivity contribution in [2.75, 3.05) is 32.8 Å². The van der Waals surface area contributed by atoms with E-state index in [4.69, 9.17) is 4.74 Å². The molecule has 0 saturated carbocycles. The van der Waals surface area contributed by atoms with Gasteiger partial charge in [0.1, 0.15) is 18.2 Å². The molecule has 0 aliphatic carbocycles. The fourth-order valence-electron chi connectivity index (χ4n) is 4.40. The van der Waals surface area contributed by atoms with Gasteiger partial charge in [0.2, 0.25) is 5.91 Å². The summed E-state index contributed by atoms with van der Waals surface area (Å²) in [5.74, 6) is -0.923. The summed E-state index contributed by atoms with van der Waals surface area (Å²) in [5, 5.41) is 2.91. The number of urea groups is 1. The maximum atomic E-state index is 13.9. The van der Waals surface area contributed by atoms with Crippen molar-refractivity contribution in [1.29, 1.82) is 0 Å². The largest absolute Gasteiger partial charge is 0.366 e. The summed E-state index contributed by atoms with van der Waals surface area (Å²) in [6.45, 7) is 2.43. The molecule has 1 aromatic rings. The number of rotatable bonds is 2. The third-order valence-corrected chi connectivity index (χ3v) is 6.00. The predicted octanol–water partition coefficient (Wildman–Crippen LogP) is 1.93. The van der Waals surface area contributed by atoms with Gasteiger partial charge in [0, 0.05) is 32.2 Å². The molecular formula is C20H25F2N3O3. The third-order valence-electron chi connectivity index (χ3n) is 6.00. The van der Waals surface area contributed by atoms with Crippen LogP contribution in [0.1, 0.15) is 24.8 Å². The molecule has 0 radical (unpaired) electrons. The highest BCUT2D eigenvalue weighted by Crippen LogP contribution is 2.25. The van der Waals surface area contributed by atoms with Crippen LogP contribution in [0.2, 0.25) is 0 Å². The molecule has 3 aliphatic heterocycles. The first-order chi connectivity index (χ1) is 13.5. The normalized spacial score (nSPS) is 26.0. The molecule has 6 nitrogen and oxygen atoms in total. The van der Waals surface area contributed by atoms with Crippen molar-refractivity contribution >= 4 is 11.9 Å². The molecule has 8 heteroatoms. The highest BCUT2D eigenvalue weighted by molar-refractivity contribution is 5.79. The number of nitrogens with one attached hydrogen (secondary N) is 1. The van der Waals surface area contributed by atoms with Gasteiger partial charge < -0.3 is 19.9 Å². The van der Waals surface area contributed by atoms with Gasteiger partial charge in [-0.25, -0.2) is 13.6 Å². The Bertz CT molecular complexity index is 752. The van der Waals surface area contributed by atoms with Gasteiger partial charge in [0.15, 0.2) is 0 Å². The number of nitrogens with zero attached hydrogens (tertiary/aromatic N) is 2. The summed E-state index contributed by atoms with van der Waals surface area (Å²) in [5.41, 5.74) is 0.529. The fraction of sp³-hybridized carbons (Fsp3) is 0.600. The number of carbonyl (C=O) groups is 2. The van der Waals surface area contributed by atoms with Gasteiger partial charge in [-0.2, -0.15) is 0 Å². The molecule has 1 N–H and O–H groups in total. The Hall–Kier alpha value is -2.22. The van der Waals surface area contributed by atoms with Gasteiger partial charge in [-0.05, 0) is 43.2 Å². The number of piperidine rings is 2.